The third-order valence-electron chi connectivity index (χ3n) is 4.16. The fraction of sp³-hybridized carbons (Fsp3) is 0.560. The molecule has 1 rings (SSSR count). The number of nitrogens with zero attached hydrogens (tertiary/aromatic N) is 1. The van der Waals surface area contributed by atoms with Gasteiger partial charge in [0, 0.05) is 30.6 Å². The smallest absolute Gasteiger partial charge is 0.251 e. The zero-order valence-electron chi connectivity index (χ0n) is 20.9. The van der Waals surface area contributed by atoms with Crippen LogP contribution in [0.2, 0.25) is 0 Å². The van der Waals surface area contributed by atoms with Crippen LogP contribution < -0.4 is 20.7 Å². The number of nitrogens with one attached hydrogen (secondary N) is 3. The molecule has 1 unspecified atom stereocenters. The van der Waals surface area contributed by atoms with Crippen LogP contribution in [0.15, 0.2) is 24.3 Å². The summed E-state index contributed by atoms with van der Waals surface area (Å²) < 4.78 is 16.6. The number of thiocyanates is 1. The first kappa shape index (κ1) is 30.3. The predicted molar refractivity (Wildman–Crippen MR) is 137 cm³/mol. The minimum atomic E-state index is -0.552. The number of amides is 2. The Hall–Kier alpha value is -2.76. The van der Waals surface area contributed by atoms with Crippen molar-refractivity contribution < 1.29 is 23.8 Å². The van der Waals surface area contributed by atoms with E-state index >= 15 is 0 Å². The number of benzene rings is 1. The second-order valence-electron chi connectivity index (χ2n) is 8.02. The van der Waals surface area contributed by atoms with Crippen molar-refractivity contribution in [3.05, 3.63) is 29.8 Å². The molecule has 35 heavy (non-hydrogen) atoms. The molecule has 1 aromatic carbocycles. The number of nitriles is 1. The molecular formula is C25H36N4O5S. The Balaban J connectivity index is 2.34. The molecule has 2 amide bonds. The average Bonchev–Trinajstić information content (AvgIpc) is 2.82. The number of hydrogen-bond acceptors (Lipinski definition) is 8. The van der Waals surface area contributed by atoms with Gasteiger partial charge in [-0.1, -0.05) is 45.6 Å². The molecule has 0 aromatic heterocycles. The number of carbonyl (C=O) groups excluding carboxylic acids is 2. The van der Waals surface area contributed by atoms with E-state index in [1.54, 1.807) is 24.3 Å². The second-order valence-corrected chi connectivity index (χ2v) is 8.96. The fourth-order valence-corrected chi connectivity index (χ4v) is 2.98. The van der Waals surface area contributed by atoms with E-state index in [1.807, 2.05) is 33.1 Å². The third kappa shape index (κ3) is 15.7. The number of rotatable bonds is 16. The summed E-state index contributed by atoms with van der Waals surface area (Å²) in [4.78, 5) is 24.0. The lowest BCUT2D eigenvalue weighted by Crippen LogP contribution is -2.34. The maximum absolute atomic E-state index is 12.3. The van der Waals surface area contributed by atoms with Crippen LogP contribution >= 0.6 is 11.8 Å². The quantitative estimate of drug-likeness (QED) is 0.136. The van der Waals surface area contributed by atoms with Crippen molar-refractivity contribution in [3.63, 3.8) is 0 Å². The van der Waals surface area contributed by atoms with Crippen LogP contribution in [-0.4, -0.2) is 69.4 Å². The summed E-state index contributed by atoms with van der Waals surface area (Å²) in [5.41, 5.74) is -0.0670. The van der Waals surface area contributed by atoms with Crippen LogP contribution in [-0.2, 0) is 14.3 Å². The molecule has 0 saturated heterocycles. The minimum absolute atomic E-state index is 0.0956. The maximum Gasteiger partial charge on any atom is 0.251 e. The lowest BCUT2D eigenvalue weighted by atomic mass is 10.2. The van der Waals surface area contributed by atoms with Gasteiger partial charge in [-0.15, -0.1) is 0 Å². The molecular weight excluding hydrogens is 468 g/mol. The largest absolute Gasteiger partial charge is 0.490 e. The Morgan fingerprint density at radius 1 is 1.11 bits per heavy atom. The van der Waals surface area contributed by atoms with E-state index in [-0.39, 0.29) is 50.7 Å². The SMILES string of the molecule is CC(C)C#CCNC(=O)COCCOC(COc1cccc(C(=O)NCCNC(C)C)c1)SC#N. The standard InChI is InChI=1S/C25H36N4O5S/c1-19(2)7-6-10-28-23(30)16-32-13-14-33-24(35-18-26)17-34-22-9-5-8-21(15-22)25(31)29-12-11-27-20(3)4/h5,8-9,15,19-20,24,27H,10-14,16-17H2,1-4H3,(H,28,30)(H,29,31). The lowest BCUT2D eigenvalue weighted by molar-refractivity contribution is -0.126. The van der Waals surface area contributed by atoms with Crippen LogP contribution in [0.1, 0.15) is 38.1 Å². The number of hydrogen-bond donors (Lipinski definition) is 3. The molecule has 0 aliphatic rings. The molecule has 0 heterocycles. The highest BCUT2D eigenvalue weighted by atomic mass is 32.2. The van der Waals surface area contributed by atoms with E-state index in [1.165, 1.54) is 0 Å². The van der Waals surface area contributed by atoms with Gasteiger partial charge >= 0.3 is 0 Å². The van der Waals surface area contributed by atoms with Crippen molar-refractivity contribution in [3.8, 4) is 23.0 Å². The molecule has 0 bridgehead atoms. The van der Waals surface area contributed by atoms with Gasteiger partial charge in [0.15, 0.2) is 5.44 Å². The van der Waals surface area contributed by atoms with Crippen molar-refractivity contribution in [1.82, 2.24) is 16.0 Å². The number of carbonyl (C=O) groups is 2. The van der Waals surface area contributed by atoms with Crippen molar-refractivity contribution in [2.75, 3.05) is 46.1 Å². The highest BCUT2D eigenvalue weighted by molar-refractivity contribution is 8.04. The Morgan fingerprint density at radius 2 is 1.91 bits per heavy atom. The normalized spacial score (nSPS) is 11.3. The highest BCUT2D eigenvalue weighted by Gasteiger charge is 2.13. The minimum Gasteiger partial charge on any atom is -0.490 e. The van der Waals surface area contributed by atoms with Gasteiger partial charge in [0.1, 0.15) is 24.4 Å². The van der Waals surface area contributed by atoms with Gasteiger partial charge in [0.2, 0.25) is 5.91 Å². The first-order chi connectivity index (χ1) is 16.8. The maximum atomic E-state index is 12.3. The molecule has 0 radical (unpaired) electrons. The van der Waals surface area contributed by atoms with Crippen LogP contribution in [0, 0.1) is 28.4 Å². The second kappa shape index (κ2) is 18.6. The van der Waals surface area contributed by atoms with Gasteiger partial charge < -0.3 is 30.2 Å². The zero-order valence-corrected chi connectivity index (χ0v) is 21.7. The van der Waals surface area contributed by atoms with E-state index in [0.717, 1.165) is 11.8 Å². The van der Waals surface area contributed by atoms with Crippen molar-refractivity contribution in [1.29, 1.82) is 5.26 Å². The van der Waals surface area contributed by atoms with Crippen molar-refractivity contribution in [2.24, 2.45) is 5.92 Å². The van der Waals surface area contributed by atoms with Crippen LogP contribution in [0.25, 0.3) is 0 Å². The Labute approximate surface area is 212 Å². The summed E-state index contributed by atoms with van der Waals surface area (Å²) in [6.07, 6.45) is 0. The van der Waals surface area contributed by atoms with Gasteiger partial charge in [0.05, 0.1) is 19.8 Å². The molecule has 1 aromatic rings. The summed E-state index contributed by atoms with van der Waals surface area (Å²) in [6, 6.07) is 7.18. The molecule has 0 spiro atoms. The summed E-state index contributed by atoms with van der Waals surface area (Å²) >= 11 is 0.924. The summed E-state index contributed by atoms with van der Waals surface area (Å²) in [7, 11) is 0. The van der Waals surface area contributed by atoms with Crippen molar-refractivity contribution in [2.45, 2.75) is 39.2 Å². The van der Waals surface area contributed by atoms with E-state index < -0.39 is 5.44 Å². The first-order valence-corrected chi connectivity index (χ1v) is 12.4. The van der Waals surface area contributed by atoms with Crippen LogP contribution in [0.4, 0.5) is 0 Å². The van der Waals surface area contributed by atoms with Gasteiger partial charge in [-0.05, 0) is 30.0 Å². The highest BCUT2D eigenvalue weighted by Crippen LogP contribution is 2.17. The van der Waals surface area contributed by atoms with E-state index in [2.05, 4.69) is 27.8 Å². The monoisotopic (exact) mass is 504 g/mol. The average molecular weight is 505 g/mol. The zero-order chi connectivity index (χ0) is 25.9. The Morgan fingerprint density at radius 3 is 2.63 bits per heavy atom. The molecule has 0 aliphatic heterocycles. The molecule has 192 valence electrons. The van der Waals surface area contributed by atoms with E-state index in [9.17, 15) is 9.59 Å². The number of ether oxygens (including phenoxy) is 3. The molecule has 0 aliphatic carbocycles. The van der Waals surface area contributed by atoms with Crippen LogP contribution in [0.3, 0.4) is 0 Å². The third-order valence-corrected chi connectivity index (χ3v) is 4.80. The summed E-state index contributed by atoms with van der Waals surface area (Å²) in [6.45, 7) is 9.93. The summed E-state index contributed by atoms with van der Waals surface area (Å²) in [5, 5.41) is 19.8. The van der Waals surface area contributed by atoms with Gasteiger partial charge in [-0.2, -0.15) is 5.26 Å². The Bertz CT molecular complexity index is 877. The molecule has 9 nitrogen and oxygen atoms in total. The molecule has 3 N–H and O–H groups in total. The Kier molecular flexibility index (Phi) is 16.0. The first-order valence-electron chi connectivity index (χ1n) is 11.6. The van der Waals surface area contributed by atoms with E-state index in [4.69, 9.17) is 19.5 Å². The molecule has 1 atom stereocenters. The van der Waals surface area contributed by atoms with Gasteiger partial charge in [0.25, 0.3) is 5.91 Å². The van der Waals surface area contributed by atoms with Crippen LogP contribution in [0.5, 0.6) is 5.75 Å². The fourth-order valence-electron chi connectivity index (χ4n) is 2.56. The lowest BCUT2D eigenvalue weighted by Gasteiger charge is -2.16. The number of thioether (sulfide) groups is 1. The van der Waals surface area contributed by atoms with Crippen molar-refractivity contribution >= 4 is 23.6 Å². The van der Waals surface area contributed by atoms with Gasteiger partial charge in [-0.25, -0.2) is 0 Å². The van der Waals surface area contributed by atoms with E-state index in [0.29, 0.717) is 30.4 Å². The molecule has 10 heteroatoms. The summed E-state index contributed by atoms with van der Waals surface area (Å²) in [5.74, 6) is 6.14. The topological polar surface area (TPSA) is 122 Å². The molecule has 0 saturated carbocycles. The molecule has 0 fully saturated rings. The van der Waals surface area contributed by atoms with Gasteiger partial charge in [-0.3, -0.25) is 9.59 Å². The predicted octanol–water partition coefficient (Wildman–Crippen LogP) is 2.14.